The van der Waals surface area contributed by atoms with Gasteiger partial charge in [0.1, 0.15) is 23.9 Å². The van der Waals surface area contributed by atoms with Crippen LogP contribution in [0.4, 0.5) is 0 Å². The van der Waals surface area contributed by atoms with Gasteiger partial charge in [-0.15, -0.1) is 0 Å². The molecule has 2 rings (SSSR count). The summed E-state index contributed by atoms with van der Waals surface area (Å²) in [6, 6.07) is 13.4. The van der Waals surface area contributed by atoms with Crippen molar-refractivity contribution in [2.75, 3.05) is 14.2 Å². The molecule has 0 aliphatic carbocycles. The molecule has 22 heavy (non-hydrogen) atoms. The Morgan fingerprint density at radius 2 is 1.86 bits per heavy atom. The molecule has 0 aromatic heterocycles. The molecule has 0 saturated heterocycles. The van der Waals surface area contributed by atoms with Gasteiger partial charge in [-0.2, -0.15) is 0 Å². The van der Waals surface area contributed by atoms with Crippen LogP contribution in [0.3, 0.4) is 0 Å². The quantitative estimate of drug-likeness (QED) is 0.632. The van der Waals surface area contributed by atoms with Crippen LogP contribution >= 0.6 is 0 Å². The molecular formula is C17H21N3O2. The fourth-order valence-electron chi connectivity index (χ4n) is 2.05. The first-order valence-electron chi connectivity index (χ1n) is 6.99. The van der Waals surface area contributed by atoms with Gasteiger partial charge < -0.3 is 20.9 Å². The van der Waals surface area contributed by atoms with Gasteiger partial charge in [0.05, 0.1) is 7.11 Å². The zero-order valence-corrected chi connectivity index (χ0v) is 12.9. The average molecular weight is 299 g/mol. The van der Waals surface area contributed by atoms with Crippen LogP contribution in [0.2, 0.25) is 0 Å². The van der Waals surface area contributed by atoms with E-state index in [1.165, 1.54) is 0 Å². The molecule has 0 radical (unpaired) electrons. The van der Waals surface area contributed by atoms with Crippen molar-refractivity contribution in [3.63, 3.8) is 0 Å². The highest BCUT2D eigenvalue weighted by atomic mass is 16.5. The molecule has 0 spiro atoms. The normalized spacial score (nSPS) is 11.3. The number of methoxy groups -OCH3 is 1. The number of benzene rings is 2. The number of aliphatic imine (C=N–C) groups is 1. The van der Waals surface area contributed by atoms with Crippen LogP contribution in [-0.2, 0) is 13.2 Å². The van der Waals surface area contributed by atoms with Gasteiger partial charge in [0, 0.05) is 24.7 Å². The van der Waals surface area contributed by atoms with Gasteiger partial charge in [0.2, 0.25) is 0 Å². The SMILES string of the molecule is CN=C(N)c1ccc(OCc2ccc(CN)cc2OC)cc1. The van der Waals surface area contributed by atoms with Crippen LogP contribution in [0.25, 0.3) is 0 Å². The van der Waals surface area contributed by atoms with Gasteiger partial charge in [-0.05, 0) is 35.9 Å². The van der Waals surface area contributed by atoms with Gasteiger partial charge in [-0.1, -0.05) is 12.1 Å². The molecule has 2 aromatic carbocycles. The first kappa shape index (κ1) is 15.9. The van der Waals surface area contributed by atoms with Gasteiger partial charge in [0.25, 0.3) is 0 Å². The molecule has 0 heterocycles. The third-order valence-corrected chi connectivity index (χ3v) is 3.37. The molecule has 116 valence electrons. The molecule has 0 fully saturated rings. The standard InChI is InChI=1S/C17H21N3O2/c1-20-17(19)13-5-7-15(8-6-13)22-11-14-4-3-12(10-18)9-16(14)21-2/h3-9H,10-11,18H2,1-2H3,(H2,19,20). The molecule has 0 bridgehead atoms. The largest absolute Gasteiger partial charge is 0.496 e. The maximum atomic E-state index is 5.78. The van der Waals surface area contributed by atoms with E-state index in [4.69, 9.17) is 20.9 Å². The zero-order valence-electron chi connectivity index (χ0n) is 12.9. The maximum Gasteiger partial charge on any atom is 0.125 e. The fourth-order valence-corrected chi connectivity index (χ4v) is 2.05. The van der Waals surface area contributed by atoms with Crippen LogP contribution in [0.1, 0.15) is 16.7 Å². The highest BCUT2D eigenvalue weighted by Crippen LogP contribution is 2.22. The van der Waals surface area contributed by atoms with Crippen LogP contribution in [0.5, 0.6) is 11.5 Å². The summed E-state index contributed by atoms with van der Waals surface area (Å²) >= 11 is 0. The molecule has 0 unspecified atom stereocenters. The van der Waals surface area contributed by atoms with Gasteiger partial charge in [-0.25, -0.2) is 0 Å². The predicted octanol–water partition coefficient (Wildman–Crippen LogP) is 2.07. The van der Waals surface area contributed by atoms with Gasteiger partial charge in [-0.3, -0.25) is 4.99 Å². The van der Waals surface area contributed by atoms with Gasteiger partial charge in [0.15, 0.2) is 0 Å². The third-order valence-electron chi connectivity index (χ3n) is 3.37. The Morgan fingerprint density at radius 1 is 1.14 bits per heavy atom. The predicted molar refractivity (Wildman–Crippen MR) is 88.3 cm³/mol. The number of ether oxygens (including phenoxy) is 2. The lowest BCUT2D eigenvalue weighted by atomic mass is 10.1. The minimum absolute atomic E-state index is 0.421. The summed E-state index contributed by atoms with van der Waals surface area (Å²) in [4.78, 5) is 3.95. The number of nitrogens with zero attached hydrogens (tertiary/aromatic N) is 1. The minimum atomic E-state index is 0.421. The zero-order chi connectivity index (χ0) is 15.9. The van der Waals surface area contributed by atoms with Crippen LogP contribution in [0.15, 0.2) is 47.5 Å². The number of hydrogen-bond donors (Lipinski definition) is 2. The summed E-state index contributed by atoms with van der Waals surface area (Å²) < 4.78 is 11.2. The monoisotopic (exact) mass is 299 g/mol. The van der Waals surface area contributed by atoms with Crippen molar-refractivity contribution in [2.45, 2.75) is 13.2 Å². The number of amidine groups is 1. The lowest BCUT2D eigenvalue weighted by molar-refractivity contribution is 0.296. The van der Waals surface area contributed by atoms with Crippen molar-refractivity contribution in [2.24, 2.45) is 16.5 Å². The van der Waals surface area contributed by atoms with E-state index < -0.39 is 0 Å². The smallest absolute Gasteiger partial charge is 0.125 e. The molecule has 5 nitrogen and oxygen atoms in total. The first-order chi connectivity index (χ1) is 10.7. The van der Waals surface area contributed by atoms with E-state index >= 15 is 0 Å². The van der Waals surface area contributed by atoms with Crippen molar-refractivity contribution in [1.82, 2.24) is 0 Å². The van der Waals surface area contributed by atoms with E-state index in [2.05, 4.69) is 4.99 Å². The lowest BCUT2D eigenvalue weighted by Gasteiger charge is -2.12. The van der Waals surface area contributed by atoms with E-state index in [1.54, 1.807) is 14.2 Å². The Hall–Kier alpha value is -2.53. The number of rotatable bonds is 6. The summed E-state index contributed by atoms with van der Waals surface area (Å²) in [5.41, 5.74) is 14.3. The van der Waals surface area contributed by atoms with E-state index in [1.807, 2.05) is 42.5 Å². The van der Waals surface area contributed by atoms with Crippen LogP contribution in [0, 0.1) is 0 Å². The second kappa shape index (κ2) is 7.47. The summed E-state index contributed by atoms with van der Waals surface area (Å²) in [7, 11) is 3.30. The summed E-state index contributed by atoms with van der Waals surface area (Å²) in [6.07, 6.45) is 0. The van der Waals surface area contributed by atoms with E-state index in [0.717, 1.165) is 28.2 Å². The Bertz CT molecular complexity index is 651. The molecular weight excluding hydrogens is 278 g/mol. The number of hydrogen-bond acceptors (Lipinski definition) is 4. The Morgan fingerprint density at radius 3 is 2.45 bits per heavy atom. The van der Waals surface area contributed by atoms with Gasteiger partial charge >= 0.3 is 0 Å². The molecule has 0 saturated carbocycles. The summed E-state index contributed by atoms with van der Waals surface area (Å²) in [5.74, 6) is 2.05. The Balaban J connectivity index is 2.07. The Kier molecular flexibility index (Phi) is 5.38. The topological polar surface area (TPSA) is 82.9 Å². The fraction of sp³-hybridized carbons (Fsp3) is 0.235. The highest BCUT2D eigenvalue weighted by molar-refractivity contribution is 5.97. The molecule has 2 aromatic rings. The van der Waals surface area contributed by atoms with Crippen molar-refractivity contribution in [1.29, 1.82) is 0 Å². The second-order valence-corrected chi connectivity index (χ2v) is 4.77. The third kappa shape index (κ3) is 3.77. The summed E-state index contributed by atoms with van der Waals surface area (Å²) in [5, 5.41) is 0. The second-order valence-electron chi connectivity index (χ2n) is 4.77. The van der Waals surface area contributed by atoms with Crippen molar-refractivity contribution in [3.8, 4) is 11.5 Å². The highest BCUT2D eigenvalue weighted by Gasteiger charge is 2.05. The van der Waals surface area contributed by atoms with E-state index in [0.29, 0.717) is 19.0 Å². The molecule has 5 heteroatoms. The first-order valence-corrected chi connectivity index (χ1v) is 6.99. The lowest BCUT2D eigenvalue weighted by Crippen LogP contribution is -2.12. The van der Waals surface area contributed by atoms with E-state index in [9.17, 15) is 0 Å². The van der Waals surface area contributed by atoms with Crippen LogP contribution < -0.4 is 20.9 Å². The summed E-state index contributed by atoms with van der Waals surface area (Å²) in [6.45, 7) is 0.907. The molecule has 0 aliphatic heterocycles. The van der Waals surface area contributed by atoms with Crippen molar-refractivity contribution < 1.29 is 9.47 Å². The number of nitrogens with two attached hydrogens (primary N) is 2. The van der Waals surface area contributed by atoms with E-state index in [-0.39, 0.29) is 0 Å². The van der Waals surface area contributed by atoms with Crippen LogP contribution in [-0.4, -0.2) is 20.0 Å². The molecule has 0 atom stereocenters. The average Bonchev–Trinajstić information content (AvgIpc) is 2.59. The minimum Gasteiger partial charge on any atom is -0.496 e. The Labute approximate surface area is 130 Å². The van der Waals surface area contributed by atoms with Crippen molar-refractivity contribution >= 4 is 5.84 Å². The van der Waals surface area contributed by atoms with Crippen molar-refractivity contribution in [3.05, 3.63) is 59.2 Å². The molecule has 0 aliphatic rings. The maximum absolute atomic E-state index is 5.78. The molecule has 0 amide bonds. The molecule has 4 N–H and O–H groups in total.